The molecule has 9 heteroatoms. The van der Waals surface area contributed by atoms with Gasteiger partial charge in [-0.15, -0.1) is 0 Å². The Hall–Kier alpha value is -2.68. The average Bonchev–Trinajstić information content (AvgIpc) is 2.57. The fourth-order valence-electron chi connectivity index (χ4n) is 1.97. The minimum Gasteiger partial charge on any atom is -0.495 e. The van der Waals surface area contributed by atoms with Crippen molar-refractivity contribution in [3.8, 4) is 5.75 Å². The van der Waals surface area contributed by atoms with Crippen LogP contribution in [0.15, 0.2) is 41.3 Å². The molecule has 0 saturated carbocycles. The Labute approximate surface area is 143 Å². The number of anilines is 2. The number of ether oxygens (including phenoxy) is 1. The minimum atomic E-state index is -4.21. The number of benzene rings is 2. The highest BCUT2D eigenvalue weighted by Crippen LogP contribution is 2.29. The molecule has 0 saturated heterocycles. The van der Waals surface area contributed by atoms with E-state index < -0.39 is 27.3 Å². The Morgan fingerprint density at radius 2 is 1.84 bits per heavy atom. The quantitative estimate of drug-likeness (QED) is 0.818. The Balaban J connectivity index is 2.40. The van der Waals surface area contributed by atoms with E-state index in [1.165, 1.54) is 25.3 Å². The summed E-state index contributed by atoms with van der Waals surface area (Å²) in [6.07, 6.45) is 0.187. The third-order valence-corrected chi connectivity index (χ3v) is 4.61. The maximum Gasteiger partial charge on any atom is 0.262 e. The number of hydrogen-bond donors (Lipinski definition) is 2. The Morgan fingerprint density at radius 1 is 1.12 bits per heavy atom. The van der Waals surface area contributed by atoms with Crippen LogP contribution < -0.4 is 14.8 Å². The van der Waals surface area contributed by atoms with Gasteiger partial charge in [0.2, 0.25) is 5.91 Å². The third kappa shape index (κ3) is 4.44. The van der Waals surface area contributed by atoms with E-state index in [-0.39, 0.29) is 28.7 Å². The summed E-state index contributed by atoms with van der Waals surface area (Å²) in [7, 11) is -2.84. The molecule has 0 heterocycles. The first kappa shape index (κ1) is 18.7. The number of methoxy groups -OCH3 is 1. The summed E-state index contributed by atoms with van der Waals surface area (Å²) in [5.74, 6) is -1.78. The summed E-state index contributed by atoms with van der Waals surface area (Å²) in [5.41, 5.74) is -0.369. The van der Waals surface area contributed by atoms with Crippen molar-refractivity contribution in [3.63, 3.8) is 0 Å². The molecule has 0 aliphatic carbocycles. The van der Waals surface area contributed by atoms with E-state index >= 15 is 0 Å². The van der Waals surface area contributed by atoms with Gasteiger partial charge in [0, 0.05) is 12.5 Å². The zero-order valence-corrected chi connectivity index (χ0v) is 14.3. The Kier molecular flexibility index (Phi) is 5.58. The van der Waals surface area contributed by atoms with Gasteiger partial charge in [-0.3, -0.25) is 9.52 Å². The Bertz CT molecular complexity index is 901. The maximum atomic E-state index is 13.7. The van der Waals surface area contributed by atoms with Crippen LogP contribution in [0, 0.1) is 11.6 Å². The monoisotopic (exact) mass is 370 g/mol. The van der Waals surface area contributed by atoms with E-state index in [4.69, 9.17) is 4.74 Å². The highest BCUT2D eigenvalue weighted by molar-refractivity contribution is 7.92. The zero-order valence-electron chi connectivity index (χ0n) is 13.5. The number of carbonyl (C=O) groups is 1. The van der Waals surface area contributed by atoms with Crippen molar-refractivity contribution in [2.75, 3.05) is 17.1 Å². The molecule has 0 bridgehead atoms. The first-order valence-electron chi connectivity index (χ1n) is 7.22. The number of amides is 1. The summed E-state index contributed by atoms with van der Waals surface area (Å²) in [5, 5.41) is 2.52. The van der Waals surface area contributed by atoms with E-state index in [1.807, 2.05) is 4.72 Å². The molecule has 6 nitrogen and oxygen atoms in total. The summed E-state index contributed by atoms with van der Waals surface area (Å²) in [4.78, 5) is 11.3. The molecule has 0 radical (unpaired) electrons. The van der Waals surface area contributed by atoms with Crippen LogP contribution in [0.1, 0.15) is 13.3 Å². The third-order valence-electron chi connectivity index (χ3n) is 3.25. The van der Waals surface area contributed by atoms with Gasteiger partial charge in [-0.05, 0) is 30.3 Å². The highest BCUT2D eigenvalue weighted by atomic mass is 32.2. The fraction of sp³-hybridized carbons (Fsp3) is 0.188. The number of rotatable bonds is 6. The lowest BCUT2D eigenvalue weighted by Gasteiger charge is -2.13. The van der Waals surface area contributed by atoms with Gasteiger partial charge in [-0.1, -0.05) is 6.92 Å². The molecule has 0 atom stereocenters. The first-order valence-corrected chi connectivity index (χ1v) is 8.71. The highest BCUT2D eigenvalue weighted by Gasteiger charge is 2.19. The molecule has 25 heavy (non-hydrogen) atoms. The van der Waals surface area contributed by atoms with Crippen LogP contribution in [0.5, 0.6) is 5.75 Å². The van der Waals surface area contributed by atoms with Gasteiger partial charge in [-0.2, -0.15) is 0 Å². The van der Waals surface area contributed by atoms with E-state index in [1.54, 1.807) is 6.92 Å². The molecule has 2 N–H and O–H groups in total. The second-order valence-electron chi connectivity index (χ2n) is 4.99. The number of nitrogens with one attached hydrogen (secondary N) is 2. The van der Waals surface area contributed by atoms with E-state index in [2.05, 4.69) is 5.32 Å². The first-order chi connectivity index (χ1) is 11.8. The predicted octanol–water partition coefficient (Wildman–Crippen LogP) is 3.12. The normalized spacial score (nSPS) is 11.0. The van der Waals surface area contributed by atoms with Gasteiger partial charge >= 0.3 is 0 Å². The van der Waals surface area contributed by atoms with E-state index in [9.17, 15) is 22.0 Å². The van der Waals surface area contributed by atoms with Crippen LogP contribution in [-0.2, 0) is 14.8 Å². The van der Waals surface area contributed by atoms with Crippen LogP contribution in [0.3, 0.4) is 0 Å². The van der Waals surface area contributed by atoms with E-state index in [0.717, 1.165) is 18.2 Å². The number of halogens is 2. The molecular weight excluding hydrogens is 354 g/mol. The lowest BCUT2D eigenvalue weighted by Crippen LogP contribution is -2.16. The maximum absolute atomic E-state index is 13.7. The van der Waals surface area contributed by atoms with Crippen LogP contribution in [0.25, 0.3) is 0 Å². The van der Waals surface area contributed by atoms with Gasteiger partial charge in [0.1, 0.15) is 17.4 Å². The largest absolute Gasteiger partial charge is 0.495 e. The average molecular weight is 370 g/mol. The van der Waals surface area contributed by atoms with Gasteiger partial charge < -0.3 is 10.1 Å². The molecule has 134 valence electrons. The molecule has 0 aliphatic heterocycles. The molecule has 0 aromatic heterocycles. The van der Waals surface area contributed by atoms with Crippen molar-refractivity contribution in [2.45, 2.75) is 18.2 Å². The number of carbonyl (C=O) groups excluding carboxylic acids is 1. The molecule has 2 aromatic rings. The van der Waals surface area contributed by atoms with Crippen LogP contribution in [-0.4, -0.2) is 21.4 Å². The summed E-state index contributed by atoms with van der Waals surface area (Å²) in [6.45, 7) is 1.64. The Morgan fingerprint density at radius 3 is 2.48 bits per heavy atom. The van der Waals surface area contributed by atoms with Crippen molar-refractivity contribution in [3.05, 3.63) is 48.0 Å². The van der Waals surface area contributed by atoms with Gasteiger partial charge in [0.05, 0.1) is 23.4 Å². The molecule has 0 aliphatic rings. The van der Waals surface area contributed by atoms with Crippen LogP contribution in [0.2, 0.25) is 0 Å². The lowest BCUT2D eigenvalue weighted by molar-refractivity contribution is -0.115. The molecule has 0 spiro atoms. The molecule has 2 rings (SSSR count). The zero-order chi connectivity index (χ0) is 18.6. The second-order valence-corrected chi connectivity index (χ2v) is 6.68. The molecular formula is C16H16F2N2O4S. The van der Waals surface area contributed by atoms with E-state index in [0.29, 0.717) is 0 Å². The molecule has 2 aromatic carbocycles. The summed E-state index contributed by atoms with van der Waals surface area (Å²) in [6, 6.07) is 6.16. The van der Waals surface area contributed by atoms with Crippen molar-refractivity contribution in [2.24, 2.45) is 0 Å². The molecule has 0 fully saturated rings. The van der Waals surface area contributed by atoms with Crippen LogP contribution >= 0.6 is 0 Å². The van der Waals surface area contributed by atoms with Gasteiger partial charge in [0.15, 0.2) is 0 Å². The molecule has 1 amide bonds. The lowest BCUT2D eigenvalue weighted by atomic mass is 10.3. The van der Waals surface area contributed by atoms with Crippen molar-refractivity contribution < 1.29 is 26.7 Å². The molecule has 0 unspecified atom stereocenters. The smallest absolute Gasteiger partial charge is 0.262 e. The van der Waals surface area contributed by atoms with Gasteiger partial charge in [0.25, 0.3) is 10.0 Å². The standard InChI is InChI=1S/C16H16F2N2O4S/c1-3-16(21)19-14-9-11(5-7-15(14)24-2)25(22,23)20-13-8-10(17)4-6-12(13)18/h4-9,20H,3H2,1-2H3,(H,19,21). The van der Waals surface area contributed by atoms with Crippen molar-refractivity contribution >= 4 is 27.3 Å². The predicted molar refractivity (Wildman–Crippen MR) is 89.1 cm³/mol. The van der Waals surface area contributed by atoms with Crippen molar-refractivity contribution in [1.82, 2.24) is 0 Å². The SMILES string of the molecule is CCC(=O)Nc1cc(S(=O)(=O)Nc2cc(F)ccc2F)ccc1OC. The topological polar surface area (TPSA) is 84.5 Å². The van der Waals surface area contributed by atoms with Crippen molar-refractivity contribution in [1.29, 1.82) is 0 Å². The minimum absolute atomic E-state index is 0.150. The second kappa shape index (κ2) is 7.47. The van der Waals surface area contributed by atoms with Crippen LogP contribution in [0.4, 0.5) is 20.2 Å². The number of sulfonamides is 1. The fourth-order valence-corrected chi connectivity index (χ4v) is 3.05. The summed E-state index contributed by atoms with van der Waals surface area (Å²) >= 11 is 0. The van der Waals surface area contributed by atoms with Gasteiger partial charge in [-0.25, -0.2) is 17.2 Å². The number of hydrogen-bond acceptors (Lipinski definition) is 4. The summed E-state index contributed by atoms with van der Waals surface area (Å²) < 4.78 is 58.8.